The lowest BCUT2D eigenvalue weighted by molar-refractivity contribution is -0.154. The van der Waals surface area contributed by atoms with E-state index in [2.05, 4.69) is 22.4 Å². The summed E-state index contributed by atoms with van der Waals surface area (Å²) in [7, 11) is 1.39. The average Bonchev–Trinajstić information content (AvgIpc) is 3.00. The van der Waals surface area contributed by atoms with E-state index in [0.29, 0.717) is 25.7 Å². The number of esters is 2. The summed E-state index contributed by atoms with van der Waals surface area (Å²) in [5.41, 5.74) is 2.09. The van der Waals surface area contributed by atoms with E-state index in [4.69, 9.17) is 18.9 Å². The van der Waals surface area contributed by atoms with Crippen LogP contribution in [0.3, 0.4) is 0 Å². The average molecular weight is 561 g/mol. The van der Waals surface area contributed by atoms with Crippen LogP contribution in [0.4, 0.5) is 0 Å². The molecule has 3 aromatic rings. The summed E-state index contributed by atoms with van der Waals surface area (Å²) in [5, 5.41) is 2.74. The topological polar surface area (TPSA) is 113 Å². The van der Waals surface area contributed by atoms with Gasteiger partial charge in [-0.05, 0) is 57.2 Å². The van der Waals surface area contributed by atoms with Crippen molar-refractivity contribution in [3.63, 3.8) is 0 Å². The molecule has 0 spiro atoms. The summed E-state index contributed by atoms with van der Waals surface area (Å²) in [6.45, 7) is 5.10. The second kappa shape index (κ2) is 13.8. The maximum atomic E-state index is 13.4. The third kappa shape index (κ3) is 7.84. The lowest BCUT2D eigenvalue weighted by Crippen LogP contribution is -2.44. The van der Waals surface area contributed by atoms with Gasteiger partial charge in [0.2, 0.25) is 5.75 Å². The van der Waals surface area contributed by atoms with Crippen molar-refractivity contribution in [3.8, 4) is 17.2 Å². The Labute approximate surface area is 240 Å². The third-order valence-electron chi connectivity index (χ3n) is 7.13. The Kier molecular flexibility index (Phi) is 9.95. The van der Waals surface area contributed by atoms with Crippen molar-refractivity contribution in [3.05, 3.63) is 83.7 Å². The van der Waals surface area contributed by atoms with Gasteiger partial charge in [-0.15, -0.1) is 0 Å². The van der Waals surface area contributed by atoms with Crippen LogP contribution in [-0.4, -0.2) is 48.2 Å². The van der Waals surface area contributed by atoms with Crippen LogP contribution in [0.15, 0.2) is 66.9 Å². The van der Waals surface area contributed by atoms with Gasteiger partial charge in [-0.3, -0.25) is 9.59 Å². The predicted octanol–water partition coefficient (Wildman–Crippen LogP) is 4.84. The molecule has 1 aliphatic rings. The summed E-state index contributed by atoms with van der Waals surface area (Å²) < 4.78 is 22.9. The molecule has 1 fully saturated rings. The fourth-order valence-electron chi connectivity index (χ4n) is 4.98. The first-order chi connectivity index (χ1) is 19.7. The molecule has 0 saturated carbocycles. The van der Waals surface area contributed by atoms with Crippen molar-refractivity contribution in [2.75, 3.05) is 7.11 Å². The number of aromatic nitrogens is 1. The van der Waals surface area contributed by atoms with Gasteiger partial charge in [-0.25, -0.2) is 9.78 Å². The van der Waals surface area contributed by atoms with Gasteiger partial charge in [0.25, 0.3) is 5.91 Å². The maximum Gasteiger partial charge on any atom is 0.328 e. The van der Waals surface area contributed by atoms with Gasteiger partial charge in [-0.1, -0.05) is 48.0 Å². The highest BCUT2D eigenvalue weighted by atomic mass is 16.6. The van der Waals surface area contributed by atoms with E-state index >= 15 is 0 Å². The summed E-state index contributed by atoms with van der Waals surface area (Å²) in [6, 6.07) is 18.5. The van der Waals surface area contributed by atoms with Crippen LogP contribution in [0.5, 0.6) is 17.2 Å². The number of carbonyl (C=O) groups excluding carboxylic acids is 3. The molecule has 2 heterocycles. The minimum Gasteiger partial charge on any atom is -0.493 e. The van der Waals surface area contributed by atoms with E-state index in [1.807, 2.05) is 56.3 Å². The summed E-state index contributed by atoms with van der Waals surface area (Å²) >= 11 is 0. The maximum absolute atomic E-state index is 13.4. The smallest absolute Gasteiger partial charge is 0.328 e. The lowest BCUT2D eigenvalue weighted by Gasteiger charge is -2.31. The van der Waals surface area contributed by atoms with Gasteiger partial charge in [-0.2, -0.15) is 0 Å². The molecule has 2 aromatic carbocycles. The number of aryl methyl sites for hydroxylation is 1. The Morgan fingerprint density at radius 3 is 2.46 bits per heavy atom. The fourth-order valence-corrected chi connectivity index (χ4v) is 4.98. The molecule has 1 aromatic heterocycles. The molecule has 4 rings (SSSR count). The number of hydrogen-bond donors (Lipinski definition) is 1. The number of pyridine rings is 1. The lowest BCUT2D eigenvalue weighted by atomic mass is 9.87. The molecule has 1 amide bonds. The Morgan fingerprint density at radius 1 is 1.05 bits per heavy atom. The van der Waals surface area contributed by atoms with Crippen LogP contribution in [0.1, 0.15) is 54.7 Å². The van der Waals surface area contributed by atoms with Crippen molar-refractivity contribution in [2.45, 2.75) is 64.7 Å². The van der Waals surface area contributed by atoms with Gasteiger partial charge in [0, 0.05) is 25.1 Å². The van der Waals surface area contributed by atoms with Gasteiger partial charge in [0.1, 0.15) is 24.0 Å². The zero-order valence-electron chi connectivity index (χ0n) is 23.8. The Balaban J connectivity index is 1.57. The molecule has 9 heteroatoms. The molecule has 0 unspecified atom stereocenters. The first-order valence-electron chi connectivity index (χ1n) is 13.7. The molecule has 4 atom stereocenters. The Hall–Kier alpha value is -4.40. The summed E-state index contributed by atoms with van der Waals surface area (Å²) in [4.78, 5) is 42.4. The van der Waals surface area contributed by atoms with Gasteiger partial charge < -0.3 is 24.3 Å². The van der Waals surface area contributed by atoms with Crippen molar-refractivity contribution in [2.24, 2.45) is 5.92 Å². The van der Waals surface area contributed by atoms with Crippen molar-refractivity contribution in [1.82, 2.24) is 10.3 Å². The standard InChI is InChI=1S/C32H36N2O7/c1-20-13-15-24(16-14-20)41-27-12-8-11-26(32(37)39-21(2)25(27)19-23-9-6-5-7-10-23)34-31(36)29-30(40-22(3)35)28(38-4)17-18-33-29/h5-7,9-10,13-18,21,25-27H,8,11-12,19H2,1-4H3,(H,34,36)/t21-,25-,26-,27-/m0/s1. The number of cyclic esters (lactones) is 1. The van der Waals surface area contributed by atoms with Gasteiger partial charge in [0.15, 0.2) is 11.4 Å². The first kappa shape index (κ1) is 29.6. The van der Waals surface area contributed by atoms with Crippen LogP contribution in [-0.2, 0) is 20.7 Å². The SMILES string of the molecule is COc1ccnc(C(=O)N[C@H]2CCC[C@H](Oc3ccc(C)cc3)[C@@H](Cc3ccccc3)[C@H](C)OC2=O)c1OC(C)=O. The largest absolute Gasteiger partial charge is 0.493 e. The number of benzene rings is 2. The molecule has 1 saturated heterocycles. The quantitative estimate of drug-likeness (QED) is 0.389. The number of nitrogens with zero attached hydrogens (tertiary/aromatic N) is 1. The van der Waals surface area contributed by atoms with Crippen molar-refractivity contribution in [1.29, 1.82) is 0 Å². The third-order valence-corrected chi connectivity index (χ3v) is 7.13. The summed E-state index contributed by atoms with van der Waals surface area (Å²) in [5.74, 6) is -1.18. The highest BCUT2D eigenvalue weighted by Gasteiger charge is 2.36. The monoisotopic (exact) mass is 560 g/mol. The number of amides is 1. The second-order valence-electron chi connectivity index (χ2n) is 10.2. The van der Waals surface area contributed by atoms with Crippen molar-refractivity contribution >= 4 is 17.8 Å². The van der Waals surface area contributed by atoms with Crippen LogP contribution >= 0.6 is 0 Å². The molecule has 1 aliphatic heterocycles. The van der Waals surface area contributed by atoms with Crippen molar-refractivity contribution < 1.29 is 33.3 Å². The highest BCUT2D eigenvalue weighted by Crippen LogP contribution is 2.31. The van der Waals surface area contributed by atoms with E-state index in [1.165, 1.54) is 26.3 Å². The molecule has 9 nitrogen and oxygen atoms in total. The van der Waals surface area contributed by atoms with E-state index < -0.39 is 30.0 Å². The summed E-state index contributed by atoms with van der Waals surface area (Å²) in [6.07, 6.45) is 2.86. The number of methoxy groups -OCH3 is 1. The predicted molar refractivity (Wildman–Crippen MR) is 152 cm³/mol. The van der Waals surface area contributed by atoms with Crippen LogP contribution < -0.4 is 19.5 Å². The second-order valence-corrected chi connectivity index (χ2v) is 10.2. The van der Waals surface area contributed by atoms with Crippen LogP contribution in [0.2, 0.25) is 0 Å². The number of ether oxygens (including phenoxy) is 4. The highest BCUT2D eigenvalue weighted by molar-refractivity contribution is 5.98. The van der Waals surface area contributed by atoms with Crippen LogP contribution in [0.25, 0.3) is 0 Å². The fraction of sp³-hybridized carbons (Fsp3) is 0.375. The molecule has 1 N–H and O–H groups in total. The van der Waals surface area contributed by atoms with E-state index in [-0.39, 0.29) is 29.2 Å². The molecule has 41 heavy (non-hydrogen) atoms. The minimum atomic E-state index is -0.932. The van der Waals surface area contributed by atoms with Gasteiger partial charge in [0.05, 0.1) is 7.11 Å². The van der Waals surface area contributed by atoms with E-state index in [0.717, 1.165) is 16.9 Å². The number of nitrogens with one attached hydrogen (secondary N) is 1. The zero-order chi connectivity index (χ0) is 29.4. The molecule has 0 radical (unpaired) electrons. The minimum absolute atomic E-state index is 0.112. The number of carbonyl (C=O) groups is 3. The number of hydrogen-bond acceptors (Lipinski definition) is 8. The van der Waals surface area contributed by atoms with Gasteiger partial charge >= 0.3 is 11.9 Å². The molecular formula is C32H36N2O7. The molecule has 0 bridgehead atoms. The molecule has 216 valence electrons. The van der Waals surface area contributed by atoms with E-state index in [1.54, 1.807) is 0 Å². The first-order valence-corrected chi connectivity index (χ1v) is 13.7. The molecule has 0 aliphatic carbocycles. The Bertz CT molecular complexity index is 1340. The number of rotatable bonds is 8. The normalized spacial score (nSPS) is 20.9. The Morgan fingerprint density at radius 2 is 1.78 bits per heavy atom. The van der Waals surface area contributed by atoms with Crippen LogP contribution in [0, 0.1) is 12.8 Å². The zero-order valence-corrected chi connectivity index (χ0v) is 23.8. The van der Waals surface area contributed by atoms with E-state index in [9.17, 15) is 14.4 Å². The molecular weight excluding hydrogens is 524 g/mol.